The zero-order valence-corrected chi connectivity index (χ0v) is 16.9. The molecule has 4 rings (SSSR count). The fraction of sp³-hybridized carbons (Fsp3) is 0.136. The number of carbonyl (C=O) groups excluding carboxylic acids is 1. The highest BCUT2D eigenvalue weighted by Gasteiger charge is 2.21. The van der Waals surface area contributed by atoms with E-state index in [0.29, 0.717) is 4.91 Å². The van der Waals surface area contributed by atoms with Gasteiger partial charge in [-0.05, 0) is 68.1 Å². The minimum absolute atomic E-state index is 0.106. The highest BCUT2D eigenvalue weighted by molar-refractivity contribution is 8.18. The summed E-state index contributed by atoms with van der Waals surface area (Å²) in [6, 6.07) is 17.6. The summed E-state index contributed by atoms with van der Waals surface area (Å²) >= 11 is 1.17. The minimum atomic E-state index is -0.327. The molecule has 0 aliphatic carbocycles. The first-order valence-electron chi connectivity index (χ1n) is 9.20. The third-order valence-corrected chi connectivity index (χ3v) is 5.00. The van der Waals surface area contributed by atoms with Gasteiger partial charge in [0.25, 0.3) is 5.91 Å². The van der Waals surface area contributed by atoms with Crippen LogP contribution in [0.5, 0.6) is 5.75 Å². The first-order chi connectivity index (χ1) is 14.0. The van der Waals surface area contributed by atoms with E-state index in [1.807, 2.05) is 74.6 Å². The molecule has 3 aromatic rings. The molecule has 2 aromatic carbocycles. The van der Waals surface area contributed by atoms with Crippen LogP contribution in [0.25, 0.3) is 23.0 Å². The lowest BCUT2D eigenvalue weighted by atomic mass is 10.1. The number of aliphatic imine (C=N–C) groups is 1. The maximum Gasteiger partial charge on any atom is 0.286 e. The first kappa shape index (κ1) is 19.0. The first-order valence-corrected chi connectivity index (χ1v) is 10.0. The third kappa shape index (κ3) is 4.25. The molecule has 0 radical (unpaired) electrons. The average molecular weight is 404 g/mol. The van der Waals surface area contributed by atoms with E-state index in [2.05, 4.69) is 4.99 Å². The molecule has 1 aliphatic heterocycles. The van der Waals surface area contributed by atoms with Gasteiger partial charge in [-0.2, -0.15) is 10.1 Å². The molecule has 0 spiro atoms. The number of carbonyl (C=O) groups is 1. The van der Waals surface area contributed by atoms with Crippen molar-refractivity contribution in [1.82, 2.24) is 9.78 Å². The quantitative estimate of drug-likeness (QED) is 0.643. The Labute approximate surface area is 173 Å². The largest absolute Gasteiger partial charge is 0.491 e. The summed E-state index contributed by atoms with van der Waals surface area (Å²) in [7, 11) is 0. The summed E-state index contributed by atoms with van der Waals surface area (Å²) in [5.74, 6) is 0.473. The van der Waals surface area contributed by atoms with Crippen LogP contribution in [0, 0.1) is 0 Å². The summed E-state index contributed by atoms with van der Waals surface area (Å²) in [4.78, 5) is 16.3. The predicted octanol–water partition coefficient (Wildman–Crippen LogP) is 4.26. The van der Waals surface area contributed by atoms with Crippen LogP contribution in [0.4, 0.5) is 0 Å². The van der Waals surface area contributed by atoms with Crippen molar-refractivity contribution < 1.29 is 9.53 Å². The summed E-state index contributed by atoms with van der Waals surface area (Å²) in [5.41, 5.74) is 9.11. The highest BCUT2D eigenvalue weighted by Crippen LogP contribution is 2.31. The van der Waals surface area contributed by atoms with Crippen molar-refractivity contribution in [3.63, 3.8) is 0 Å². The smallest absolute Gasteiger partial charge is 0.286 e. The molecule has 2 heterocycles. The Morgan fingerprint density at radius 3 is 2.45 bits per heavy atom. The summed E-state index contributed by atoms with van der Waals surface area (Å²) in [5, 5.41) is 5.03. The molecule has 1 amide bonds. The van der Waals surface area contributed by atoms with E-state index in [1.54, 1.807) is 10.8 Å². The average Bonchev–Trinajstić information content (AvgIpc) is 3.26. The Balaban J connectivity index is 1.76. The number of benzene rings is 2. The Hall–Kier alpha value is -3.32. The van der Waals surface area contributed by atoms with E-state index < -0.39 is 0 Å². The number of amides is 1. The molecule has 146 valence electrons. The van der Waals surface area contributed by atoms with E-state index in [0.717, 1.165) is 28.3 Å². The van der Waals surface area contributed by atoms with Gasteiger partial charge >= 0.3 is 0 Å². The molecular weight excluding hydrogens is 384 g/mol. The lowest BCUT2D eigenvalue weighted by Crippen LogP contribution is -2.05. The number of nitrogens with two attached hydrogens (primary N) is 1. The van der Waals surface area contributed by atoms with Gasteiger partial charge in [0.1, 0.15) is 5.75 Å². The van der Waals surface area contributed by atoms with Crippen molar-refractivity contribution in [2.75, 3.05) is 0 Å². The number of rotatable bonds is 5. The third-order valence-electron chi connectivity index (χ3n) is 4.19. The number of hydrogen-bond acceptors (Lipinski definition) is 5. The molecule has 2 N–H and O–H groups in total. The molecule has 0 saturated heterocycles. The molecule has 7 heteroatoms. The van der Waals surface area contributed by atoms with Crippen molar-refractivity contribution in [3.8, 4) is 22.7 Å². The van der Waals surface area contributed by atoms with Crippen LogP contribution >= 0.6 is 11.8 Å². The van der Waals surface area contributed by atoms with Gasteiger partial charge in [-0.15, -0.1) is 0 Å². The van der Waals surface area contributed by atoms with Crippen LogP contribution in [0.15, 0.2) is 70.7 Å². The predicted molar refractivity (Wildman–Crippen MR) is 117 cm³/mol. The van der Waals surface area contributed by atoms with Gasteiger partial charge < -0.3 is 10.5 Å². The SMILES string of the molecule is CC(C)Oc1ccc(-c2nn(-c3ccccc3)cc2/C=C2\SC(N)=NC2=O)cc1. The van der Waals surface area contributed by atoms with Crippen LogP contribution in [-0.4, -0.2) is 27.0 Å². The highest BCUT2D eigenvalue weighted by atomic mass is 32.2. The van der Waals surface area contributed by atoms with E-state index in [-0.39, 0.29) is 17.2 Å². The molecule has 0 bridgehead atoms. The molecule has 0 fully saturated rings. The van der Waals surface area contributed by atoms with E-state index in [9.17, 15) is 4.79 Å². The number of hydrogen-bond donors (Lipinski definition) is 1. The Morgan fingerprint density at radius 1 is 1.10 bits per heavy atom. The lowest BCUT2D eigenvalue weighted by molar-refractivity contribution is -0.113. The normalized spacial score (nSPS) is 15.2. The van der Waals surface area contributed by atoms with Crippen LogP contribution in [0.3, 0.4) is 0 Å². The molecule has 1 aromatic heterocycles. The van der Waals surface area contributed by atoms with E-state index in [4.69, 9.17) is 15.6 Å². The summed E-state index contributed by atoms with van der Waals surface area (Å²) < 4.78 is 7.53. The second kappa shape index (κ2) is 7.97. The number of aromatic nitrogens is 2. The van der Waals surface area contributed by atoms with Crippen LogP contribution < -0.4 is 10.5 Å². The Bertz CT molecular complexity index is 1100. The van der Waals surface area contributed by atoms with E-state index in [1.165, 1.54) is 11.8 Å². The fourth-order valence-corrected chi connectivity index (χ4v) is 3.63. The maximum atomic E-state index is 12.1. The number of thioether (sulfide) groups is 1. The molecule has 0 atom stereocenters. The molecule has 0 saturated carbocycles. The van der Waals surface area contributed by atoms with Crippen LogP contribution in [0.2, 0.25) is 0 Å². The van der Waals surface area contributed by atoms with Gasteiger partial charge in [0.2, 0.25) is 0 Å². The lowest BCUT2D eigenvalue weighted by Gasteiger charge is -2.09. The topological polar surface area (TPSA) is 82.5 Å². The minimum Gasteiger partial charge on any atom is -0.491 e. The Kier molecular flexibility index (Phi) is 5.22. The maximum absolute atomic E-state index is 12.1. The second-order valence-electron chi connectivity index (χ2n) is 6.77. The summed E-state index contributed by atoms with van der Waals surface area (Å²) in [6.07, 6.45) is 3.80. The zero-order valence-electron chi connectivity index (χ0n) is 16.1. The van der Waals surface area contributed by atoms with Crippen molar-refractivity contribution >= 4 is 28.9 Å². The summed E-state index contributed by atoms with van der Waals surface area (Å²) in [6.45, 7) is 3.98. The standard InChI is InChI=1S/C22H20N4O2S/c1-14(2)28-18-10-8-15(9-11-18)20-16(12-19-21(27)24-22(23)29-19)13-26(25-20)17-6-4-3-5-7-17/h3-14H,1-2H3,(H2,23,24,27)/b19-12-. The second-order valence-corrected chi connectivity index (χ2v) is 7.83. The van der Waals surface area contributed by atoms with Crippen molar-refractivity contribution in [2.24, 2.45) is 10.7 Å². The van der Waals surface area contributed by atoms with Gasteiger partial charge in [-0.3, -0.25) is 4.79 Å². The molecule has 0 unspecified atom stereocenters. The fourth-order valence-electron chi connectivity index (χ4n) is 2.96. The van der Waals surface area contributed by atoms with Crippen LogP contribution in [0.1, 0.15) is 19.4 Å². The number of para-hydroxylation sites is 1. The van der Waals surface area contributed by atoms with Gasteiger partial charge in [-0.1, -0.05) is 18.2 Å². The van der Waals surface area contributed by atoms with Gasteiger partial charge in [-0.25, -0.2) is 4.68 Å². The number of nitrogens with zero attached hydrogens (tertiary/aromatic N) is 3. The number of amidine groups is 1. The monoisotopic (exact) mass is 404 g/mol. The number of ether oxygens (including phenoxy) is 1. The zero-order chi connectivity index (χ0) is 20.4. The van der Waals surface area contributed by atoms with Gasteiger partial charge in [0.05, 0.1) is 22.4 Å². The molecular formula is C22H20N4O2S. The van der Waals surface area contributed by atoms with Crippen molar-refractivity contribution in [1.29, 1.82) is 0 Å². The van der Waals surface area contributed by atoms with E-state index >= 15 is 0 Å². The molecule has 1 aliphatic rings. The van der Waals surface area contributed by atoms with Crippen molar-refractivity contribution in [3.05, 3.63) is 71.3 Å². The molecule has 6 nitrogen and oxygen atoms in total. The molecule has 29 heavy (non-hydrogen) atoms. The van der Waals surface area contributed by atoms with Crippen LogP contribution in [-0.2, 0) is 4.79 Å². The van der Waals surface area contributed by atoms with Gasteiger partial charge in [0, 0.05) is 17.3 Å². The van der Waals surface area contributed by atoms with Gasteiger partial charge in [0.15, 0.2) is 5.17 Å². The van der Waals surface area contributed by atoms with Crippen molar-refractivity contribution in [2.45, 2.75) is 20.0 Å². The Morgan fingerprint density at radius 2 is 1.83 bits per heavy atom.